The minimum atomic E-state index is 0.130. The molecule has 1 heterocycles. The number of allylic oxidation sites excluding steroid dienone is 1. The maximum Gasteiger partial charge on any atom is 0.196 e. The first-order valence-corrected chi connectivity index (χ1v) is 9.30. The number of hydrogen-bond donors (Lipinski definition) is 0. The van der Waals surface area contributed by atoms with Crippen LogP contribution in [0.1, 0.15) is 11.1 Å². The molecule has 0 amide bonds. The van der Waals surface area contributed by atoms with E-state index in [1.165, 1.54) is 0 Å². The second-order valence-corrected chi connectivity index (χ2v) is 7.75. The molecule has 1 aliphatic heterocycles. The molecule has 0 radical (unpaired) electrons. The van der Waals surface area contributed by atoms with Crippen LogP contribution in [0.3, 0.4) is 0 Å². The van der Waals surface area contributed by atoms with E-state index < -0.39 is 0 Å². The average molecular weight is 436 g/mol. The van der Waals surface area contributed by atoms with Gasteiger partial charge in [-0.25, -0.2) is 0 Å². The summed E-state index contributed by atoms with van der Waals surface area (Å²) < 4.78 is 2.03. The molecule has 0 unspecified atom stereocenters. The van der Waals surface area contributed by atoms with Crippen LogP contribution >= 0.6 is 43.6 Å². The van der Waals surface area contributed by atoms with Crippen molar-refractivity contribution in [2.24, 2.45) is 0 Å². The van der Waals surface area contributed by atoms with E-state index in [1.54, 1.807) is 11.8 Å². The summed E-state index contributed by atoms with van der Waals surface area (Å²) >= 11 is 8.51. The summed E-state index contributed by atoms with van der Waals surface area (Å²) in [5.74, 6) is 0.857. The van der Waals surface area contributed by atoms with Crippen molar-refractivity contribution in [3.63, 3.8) is 0 Å². The molecule has 0 spiro atoms. The van der Waals surface area contributed by atoms with Gasteiger partial charge in [0.15, 0.2) is 5.78 Å². The summed E-state index contributed by atoms with van der Waals surface area (Å²) in [5, 5.41) is 0. The number of rotatable bonds is 2. The van der Waals surface area contributed by atoms with Crippen molar-refractivity contribution in [2.75, 3.05) is 5.75 Å². The van der Waals surface area contributed by atoms with Crippen LogP contribution in [0.15, 0.2) is 68.0 Å². The zero-order chi connectivity index (χ0) is 15.5. The maximum atomic E-state index is 12.5. The van der Waals surface area contributed by atoms with E-state index in [0.717, 1.165) is 36.3 Å². The average Bonchev–Trinajstić information content (AvgIpc) is 2.80. The van der Waals surface area contributed by atoms with Gasteiger partial charge in [-0.1, -0.05) is 56.1 Å². The number of benzene rings is 2. The highest BCUT2D eigenvalue weighted by molar-refractivity contribution is 9.10. The molecule has 22 heavy (non-hydrogen) atoms. The normalized spacial score (nSPS) is 18.4. The number of carbonyl (C=O) groups excluding carboxylic acids is 1. The standard InChI is InChI=1S/C18H12Br2OS/c19-15-5-1-3-12(8-15)7-14-11-22-17(18(14)21)10-13-4-2-6-16(20)9-13/h1-10H,11H2. The lowest BCUT2D eigenvalue weighted by Gasteiger charge is -1.98. The molecular formula is C18H12Br2OS. The molecule has 0 saturated carbocycles. The Morgan fingerprint density at radius 2 is 1.50 bits per heavy atom. The number of Topliss-reactive ketones (excluding diaryl/α,β-unsaturated/α-hetero) is 1. The summed E-state index contributed by atoms with van der Waals surface area (Å²) in [6.07, 6.45) is 3.93. The molecule has 0 atom stereocenters. The molecule has 1 saturated heterocycles. The number of hydrogen-bond acceptors (Lipinski definition) is 2. The molecule has 1 fully saturated rings. The van der Waals surface area contributed by atoms with Gasteiger partial charge in [-0.05, 0) is 47.5 Å². The van der Waals surface area contributed by atoms with Crippen LogP contribution in [0.2, 0.25) is 0 Å². The molecule has 1 aliphatic rings. The lowest BCUT2D eigenvalue weighted by atomic mass is 10.1. The van der Waals surface area contributed by atoms with Crippen LogP contribution in [-0.4, -0.2) is 11.5 Å². The highest BCUT2D eigenvalue weighted by Crippen LogP contribution is 2.34. The van der Waals surface area contributed by atoms with Gasteiger partial charge < -0.3 is 0 Å². The first-order valence-electron chi connectivity index (χ1n) is 6.73. The van der Waals surface area contributed by atoms with E-state index in [0.29, 0.717) is 0 Å². The molecule has 110 valence electrons. The van der Waals surface area contributed by atoms with Gasteiger partial charge in [0, 0.05) is 20.3 Å². The Labute approximate surface area is 150 Å². The lowest BCUT2D eigenvalue weighted by molar-refractivity contribution is -0.111. The highest BCUT2D eigenvalue weighted by atomic mass is 79.9. The molecule has 4 heteroatoms. The summed E-state index contributed by atoms with van der Waals surface area (Å²) in [5.41, 5.74) is 2.93. The Balaban J connectivity index is 1.86. The second kappa shape index (κ2) is 6.99. The molecular weight excluding hydrogens is 424 g/mol. The fourth-order valence-electron chi connectivity index (χ4n) is 2.20. The van der Waals surface area contributed by atoms with Gasteiger partial charge in [-0.15, -0.1) is 11.8 Å². The van der Waals surface area contributed by atoms with Crippen LogP contribution in [0.4, 0.5) is 0 Å². The maximum absolute atomic E-state index is 12.5. The third kappa shape index (κ3) is 3.80. The quantitative estimate of drug-likeness (QED) is 0.542. The minimum Gasteiger partial charge on any atom is -0.288 e. The Morgan fingerprint density at radius 1 is 0.909 bits per heavy atom. The van der Waals surface area contributed by atoms with Crippen molar-refractivity contribution in [1.29, 1.82) is 0 Å². The fourth-order valence-corrected chi connectivity index (χ4v) is 4.05. The first kappa shape index (κ1) is 15.8. The third-order valence-electron chi connectivity index (χ3n) is 3.23. The number of halogens is 2. The van der Waals surface area contributed by atoms with Crippen LogP contribution in [0, 0.1) is 0 Å². The molecule has 0 aliphatic carbocycles. The molecule has 2 aromatic rings. The molecule has 3 rings (SSSR count). The van der Waals surface area contributed by atoms with Gasteiger partial charge in [0.1, 0.15) is 0 Å². The smallest absolute Gasteiger partial charge is 0.196 e. The molecule has 2 aromatic carbocycles. The van der Waals surface area contributed by atoms with Gasteiger partial charge in [0.2, 0.25) is 0 Å². The number of carbonyl (C=O) groups is 1. The second-order valence-electron chi connectivity index (χ2n) is 4.91. The van der Waals surface area contributed by atoms with Gasteiger partial charge >= 0.3 is 0 Å². The van der Waals surface area contributed by atoms with E-state index in [-0.39, 0.29) is 5.78 Å². The van der Waals surface area contributed by atoms with E-state index in [1.807, 2.05) is 60.7 Å². The lowest BCUT2D eigenvalue weighted by Crippen LogP contribution is -1.96. The highest BCUT2D eigenvalue weighted by Gasteiger charge is 2.23. The van der Waals surface area contributed by atoms with Crippen molar-refractivity contribution in [3.05, 3.63) is 79.1 Å². The Morgan fingerprint density at radius 3 is 2.09 bits per heavy atom. The predicted octanol–water partition coefficient (Wildman–Crippen LogP) is 5.95. The molecule has 1 nitrogen and oxygen atoms in total. The Kier molecular flexibility index (Phi) is 5.01. The SMILES string of the molecule is O=C1C(=Cc2cccc(Br)c2)CSC1=Cc1cccc(Br)c1. The van der Waals surface area contributed by atoms with Gasteiger partial charge in [-0.2, -0.15) is 0 Å². The van der Waals surface area contributed by atoms with Crippen molar-refractivity contribution in [3.8, 4) is 0 Å². The molecule has 0 aromatic heterocycles. The van der Waals surface area contributed by atoms with Gasteiger partial charge in [-0.3, -0.25) is 4.79 Å². The van der Waals surface area contributed by atoms with E-state index in [4.69, 9.17) is 0 Å². The zero-order valence-electron chi connectivity index (χ0n) is 11.6. The van der Waals surface area contributed by atoms with Crippen molar-refractivity contribution in [1.82, 2.24) is 0 Å². The predicted molar refractivity (Wildman–Crippen MR) is 102 cm³/mol. The van der Waals surface area contributed by atoms with Crippen molar-refractivity contribution < 1.29 is 4.79 Å². The van der Waals surface area contributed by atoms with Crippen molar-refractivity contribution in [2.45, 2.75) is 0 Å². The van der Waals surface area contributed by atoms with Gasteiger partial charge in [0.05, 0.1) is 4.91 Å². The summed E-state index contributed by atoms with van der Waals surface area (Å²) in [7, 11) is 0. The summed E-state index contributed by atoms with van der Waals surface area (Å²) in [6, 6.07) is 15.9. The zero-order valence-corrected chi connectivity index (χ0v) is 15.5. The first-order chi connectivity index (χ1) is 10.6. The minimum absolute atomic E-state index is 0.130. The van der Waals surface area contributed by atoms with E-state index >= 15 is 0 Å². The number of ketones is 1. The van der Waals surface area contributed by atoms with E-state index in [9.17, 15) is 4.79 Å². The largest absolute Gasteiger partial charge is 0.288 e. The Bertz CT molecular complexity index is 728. The monoisotopic (exact) mass is 434 g/mol. The van der Waals surface area contributed by atoms with Gasteiger partial charge in [0.25, 0.3) is 0 Å². The van der Waals surface area contributed by atoms with Crippen LogP contribution in [0.5, 0.6) is 0 Å². The molecule has 0 N–H and O–H groups in total. The van der Waals surface area contributed by atoms with Crippen LogP contribution < -0.4 is 0 Å². The fraction of sp³-hybridized carbons (Fsp3) is 0.0556. The summed E-state index contributed by atoms with van der Waals surface area (Å²) in [6.45, 7) is 0. The molecule has 0 bridgehead atoms. The van der Waals surface area contributed by atoms with Crippen molar-refractivity contribution >= 4 is 61.6 Å². The van der Waals surface area contributed by atoms with E-state index in [2.05, 4.69) is 31.9 Å². The number of thioether (sulfide) groups is 1. The topological polar surface area (TPSA) is 17.1 Å². The van der Waals surface area contributed by atoms with Crippen LogP contribution in [0.25, 0.3) is 12.2 Å². The Hall–Kier alpha value is -1.10. The van der Waals surface area contributed by atoms with Crippen LogP contribution in [-0.2, 0) is 4.79 Å². The third-order valence-corrected chi connectivity index (χ3v) is 5.29. The summed E-state index contributed by atoms with van der Waals surface area (Å²) in [4.78, 5) is 13.3.